The van der Waals surface area contributed by atoms with Crippen molar-refractivity contribution in [3.05, 3.63) is 29.3 Å². The molecule has 3 aliphatic rings. The standard InChI is InChI=1S/C18H23N3O4S/c1-11-2-3-13(8-14(11)20-17(22)12-4-5-12)18(23)21-7-6-19-15-9-26(24,25)10-16(15)21/h2-3,8,12,15-16,19H,4-7,9-10H2,1H3,(H,20,22)/t15-,16+/m0/s1. The predicted octanol–water partition coefficient (Wildman–Crippen LogP) is 0.555. The summed E-state index contributed by atoms with van der Waals surface area (Å²) in [5.74, 6) is -0.000275. The molecule has 4 rings (SSSR count). The number of rotatable bonds is 3. The van der Waals surface area contributed by atoms with Gasteiger partial charge in [-0.1, -0.05) is 6.07 Å². The maximum absolute atomic E-state index is 13.0. The highest BCUT2D eigenvalue weighted by molar-refractivity contribution is 7.91. The molecule has 26 heavy (non-hydrogen) atoms. The lowest BCUT2D eigenvalue weighted by Gasteiger charge is -2.37. The number of sulfone groups is 1. The highest BCUT2D eigenvalue weighted by Crippen LogP contribution is 2.31. The molecule has 2 N–H and O–H groups in total. The van der Waals surface area contributed by atoms with Gasteiger partial charge in [-0.2, -0.15) is 0 Å². The molecule has 0 unspecified atom stereocenters. The van der Waals surface area contributed by atoms with E-state index in [1.807, 2.05) is 13.0 Å². The monoisotopic (exact) mass is 377 g/mol. The Labute approximate surface area is 153 Å². The number of hydrogen-bond acceptors (Lipinski definition) is 5. The van der Waals surface area contributed by atoms with Crippen LogP contribution in [0.25, 0.3) is 0 Å². The Morgan fingerprint density at radius 2 is 2.00 bits per heavy atom. The normalized spacial score (nSPS) is 27.0. The number of anilines is 1. The molecule has 1 aromatic carbocycles. The van der Waals surface area contributed by atoms with E-state index in [0.717, 1.165) is 18.4 Å². The molecule has 2 aliphatic heterocycles. The van der Waals surface area contributed by atoms with Gasteiger partial charge in [0, 0.05) is 36.3 Å². The van der Waals surface area contributed by atoms with Crippen molar-refractivity contribution in [3.63, 3.8) is 0 Å². The van der Waals surface area contributed by atoms with Gasteiger partial charge in [0.2, 0.25) is 5.91 Å². The summed E-state index contributed by atoms with van der Waals surface area (Å²) in [7, 11) is -3.12. The first-order chi connectivity index (χ1) is 12.3. The van der Waals surface area contributed by atoms with Gasteiger partial charge in [0.05, 0.1) is 17.5 Å². The number of carbonyl (C=O) groups excluding carboxylic acids is 2. The Morgan fingerprint density at radius 3 is 2.73 bits per heavy atom. The molecule has 2 saturated heterocycles. The molecule has 7 nitrogen and oxygen atoms in total. The minimum absolute atomic E-state index is 0.00169. The van der Waals surface area contributed by atoms with E-state index in [2.05, 4.69) is 10.6 Å². The molecule has 3 fully saturated rings. The molecule has 1 aliphatic carbocycles. The van der Waals surface area contributed by atoms with Gasteiger partial charge in [-0.15, -0.1) is 0 Å². The Kier molecular flexibility index (Phi) is 4.27. The minimum Gasteiger partial charge on any atom is -0.332 e. The molecular weight excluding hydrogens is 354 g/mol. The second kappa shape index (κ2) is 6.35. The third-order valence-corrected chi connectivity index (χ3v) is 7.15. The molecule has 0 bridgehead atoms. The predicted molar refractivity (Wildman–Crippen MR) is 97.8 cm³/mol. The van der Waals surface area contributed by atoms with Crippen LogP contribution in [0, 0.1) is 12.8 Å². The van der Waals surface area contributed by atoms with Gasteiger partial charge in [-0.05, 0) is 37.5 Å². The van der Waals surface area contributed by atoms with Crippen LogP contribution in [-0.4, -0.2) is 61.8 Å². The van der Waals surface area contributed by atoms with Crippen molar-refractivity contribution >= 4 is 27.3 Å². The molecule has 2 atom stereocenters. The Bertz CT molecular complexity index is 863. The third kappa shape index (κ3) is 3.35. The van der Waals surface area contributed by atoms with Crippen molar-refractivity contribution in [1.29, 1.82) is 0 Å². The lowest BCUT2D eigenvalue weighted by molar-refractivity contribution is -0.117. The number of nitrogens with one attached hydrogen (secondary N) is 2. The number of amides is 2. The van der Waals surface area contributed by atoms with Crippen LogP contribution < -0.4 is 10.6 Å². The van der Waals surface area contributed by atoms with Crippen LogP contribution in [0.2, 0.25) is 0 Å². The van der Waals surface area contributed by atoms with Crippen LogP contribution in [-0.2, 0) is 14.6 Å². The SMILES string of the molecule is Cc1ccc(C(=O)N2CCN[C@H]3CS(=O)(=O)C[C@H]32)cc1NC(=O)C1CC1. The second-order valence-corrected chi connectivity index (χ2v) is 9.65. The average molecular weight is 377 g/mol. The first kappa shape index (κ1) is 17.5. The third-order valence-electron chi connectivity index (χ3n) is 5.43. The first-order valence-corrected chi connectivity index (χ1v) is 10.8. The Morgan fingerprint density at radius 1 is 1.23 bits per heavy atom. The second-order valence-electron chi connectivity index (χ2n) is 7.50. The highest BCUT2D eigenvalue weighted by Gasteiger charge is 2.44. The summed E-state index contributed by atoms with van der Waals surface area (Å²) in [5, 5.41) is 6.12. The van der Waals surface area contributed by atoms with Crippen molar-refractivity contribution in [2.24, 2.45) is 5.92 Å². The first-order valence-electron chi connectivity index (χ1n) is 9.00. The zero-order valence-corrected chi connectivity index (χ0v) is 15.5. The topological polar surface area (TPSA) is 95.6 Å². The van der Waals surface area contributed by atoms with Crippen molar-refractivity contribution in [1.82, 2.24) is 10.2 Å². The van der Waals surface area contributed by atoms with Crippen LogP contribution >= 0.6 is 0 Å². The van der Waals surface area contributed by atoms with Crippen LogP contribution in [0.5, 0.6) is 0 Å². The van der Waals surface area contributed by atoms with Gasteiger partial charge >= 0.3 is 0 Å². The van der Waals surface area contributed by atoms with E-state index in [-0.39, 0.29) is 41.3 Å². The summed E-state index contributed by atoms with van der Waals surface area (Å²) in [6.07, 6.45) is 1.84. The van der Waals surface area contributed by atoms with Gasteiger partial charge in [-0.3, -0.25) is 9.59 Å². The quantitative estimate of drug-likeness (QED) is 0.802. The molecule has 0 radical (unpaired) electrons. The van der Waals surface area contributed by atoms with Gasteiger partial charge < -0.3 is 15.5 Å². The lowest BCUT2D eigenvalue weighted by atomic mass is 10.0. The van der Waals surface area contributed by atoms with E-state index in [9.17, 15) is 18.0 Å². The van der Waals surface area contributed by atoms with E-state index in [4.69, 9.17) is 0 Å². The fourth-order valence-electron chi connectivity index (χ4n) is 3.76. The van der Waals surface area contributed by atoms with Gasteiger partial charge in [0.15, 0.2) is 9.84 Å². The summed E-state index contributed by atoms with van der Waals surface area (Å²) in [5.41, 5.74) is 2.03. The van der Waals surface area contributed by atoms with E-state index in [0.29, 0.717) is 24.3 Å². The average Bonchev–Trinajstić information content (AvgIpc) is 3.38. The number of piperazine rings is 1. The molecule has 140 valence electrons. The number of aryl methyl sites for hydroxylation is 1. The largest absolute Gasteiger partial charge is 0.332 e. The zero-order valence-electron chi connectivity index (χ0n) is 14.7. The van der Waals surface area contributed by atoms with Crippen molar-refractivity contribution < 1.29 is 18.0 Å². The van der Waals surface area contributed by atoms with Gasteiger partial charge in [0.1, 0.15) is 0 Å². The van der Waals surface area contributed by atoms with Crippen LogP contribution in [0.15, 0.2) is 18.2 Å². The number of benzene rings is 1. The molecule has 8 heteroatoms. The summed E-state index contributed by atoms with van der Waals surface area (Å²) in [4.78, 5) is 26.8. The fraction of sp³-hybridized carbons (Fsp3) is 0.556. The zero-order chi connectivity index (χ0) is 18.5. The molecule has 1 aromatic rings. The molecule has 1 saturated carbocycles. The maximum atomic E-state index is 13.0. The fourth-order valence-corrected chi connectivity index (χ4v) is 5.71. The van der Waals surface area contributed by atoms with Crippen molar-refractivity contribution in [2.45, 2.75) is 31.8 Å². The Hall–Kier alpha value is -1.93. The maximum Gasteiger partial charge on any atom is 0.254 e. The van der Waals surface area contributed by atoms with Crippen LogP contribution in [0.4, 0.5) is 5.69 Å². The molecule has 0 aromatic heterocycles. The van der Waals surface area contributed by atoms with E-state index >= 15 is 0 Å². The Balaban J connectivity index is 1.56. The van der Waals surface area contributed by atoms with E-state index in [1.54, 1.807) is 17.0 Å². The molecule has 0 spiro atoms. The highest BCUT2D eigenvalue weighted by atomic mass is 32.2. The van der Waals surface area contributed by atoms with Crippen LogP contribution in [0.3, 0.4) is 0 Å². The summed E-state index contributed by atoms with van der Waals surface area (Å²) in [6.45, 7) is 2.95. The van der Waals surface area contributed by atoms with Gasteiger partial charge in [0.25, 0.3) is 5.91 Å². The number of fused-ring (bicyclic) bond motifs is 1. The summed E-state index contributed by atoms with van der Waals surface area (Å²) >= 11 is 0. The number of carbonyl (C=O) groups is 2. The van der Waals surface area contributed by atoms with Gasteiger partial charge in [-0.25, -0.2) is 8.42 Å². The lowest BCUT2D eigenvalue weighted by Crippen LogP contribution is -2.59. The molecule has 2 amide bonds. The molecule has 2 heterocycles. The summed E-state index contributed by atoms with van der Waals surface area (Å²) in [6, 6.07) is 4.74. The van der Waals surface area contributed by atoms with Crippen molar-refractivity contribution in [2.75, 3.05) is 29.9 Å². The minimum atomic E-state index is -3.12. The van der Waals surface area contributed by atoms with E-state index in [1.165, 1.54) is 0 Å². The molecular formula is C18H23N3O4S. The smallest absolute Gasteiger partial charge is 0.254 e. The van der Waals surface area contributed by atoms with Crippen LogP contribution in [0.1, 0.15) is 28.8 Å². The summed E-state index contributed by atoms with van der Waals surface area (Å²) < 4.78 is 23.9. The van der Waals surface area contributed by atoms with E-state index < -0.39 is 9.84 Å². The van der Waals surface area contributed by atoms with Crippen molar-refractivity contribution in [3.8, 4) is 0 Å². The number of hydrogen-bond donors (Lipinski definition) is 2. The number of nitrogens with zero attached hydrogens (tertiary/aromatic N) is 1.